The molecule has 0 spiro atoms. The predicted octanol–water partition coefficient (Wildman–Crippen LogP) is 2.46. The number of carbonyl (C=O) groups excluding carboxylic acids is 1. The summed E-state index contributed by atoms with van der Waals surface area (Å²) in [6, 6.07) is 15.4. The molecule has 2 rings (SSSR count). The summed E-state index contributed by atoms with van der Waals surface area (Å²) in [6.45, 7) is 8.19. The SMILES string of the molecule is CC[NH+](CC)Cc1ccc(CNC(=O)COc2ccc(Cl)cc2)cc1. The molecule has 0 aromatic heterocycles. The maximum absolute atomic E-state index is 11.9. The fourth-order valence-corrected chi connectivity index (χ4v) is 2.62. The number of rotatable bonds is 9. The Hall–Kier alpha value is -2.04. The molecule has 0 saturated heterocycles. The Morgan fingerprint density at radius 2 is 1.60 bits per heavy atom. The van der Waals surface area contributed by atoms with Gasteiger partial charge in [0, 0.05) is 17.1 Å². The summed E-state index contributed by atoms with van der Waals surface area (Å²) in [7, 11) is 0. The number of nitrogens with one attached hydrogen (secondary N) is 2. The standard InChI is InChI=1S/C20H25ClN2O2/c1-3-23(4-2)14-17-7-5-16(6-8-17)13-22-20(24)15-25-19-11-9-18(21)10-12-19/h5-12H,3-4,13-15H2,1-2H3,(H,22,24)/p+1. The third-order valence-corrected chi connectivity index (χ3v) is 4.40. The van der Waals surface area contributed by atoms with Crippen molar-refractivity contribution in [2.24, 2.45) is 0 Å². The summed E-state index contributed by atoms with van der Waals surface area (Å²) in [5, 5.41) is 3.51. The van der Waals surface area contributed by atoms with E-state index in [4.69, 9.17) is 16.3 Å². The summed E-state index contributed by atoms with van der Waals surface area (Å²) in [4.78, 5) is 13.4. The van der Waals surface area contributed by atoms with Crippen LogP contribution in [-0.2, 0) is 17.9 Å². The van der Waals surface area contributed by atoms with Crippen LogP contribution in [0.15, 0.2) is 48.5 Å². The van der Waals surface area contributed by atoms with Crippen LogP contribution in [0.3, 0.4) is 0 Å². The van der Waals surface area contributed by atoms with Gasteiger partial charge in [-0.25, -0.2) is 0 Å². The molecule has 2 aromatic carbocycles. The van der Waals surface area contributed by atoms with Crippen LogP contribution in [0.4, 0.5) is 0 Å². The van der Waals surface area contributed by atoms with Gasteiger partial charge in [0.1, 0.15) is 12.3 Å². The van der Waals surface area contributed by atoms with E-state index in [2.05, 4.69) is 43.4 Å². The van der Waals surface area contributed by atoms with Crippen LogP contribution in [0.5, 0.6) is 5.75 Å². The number of hydrogen-bond donors (Lipinski definition) is 2. The molecule has 2 aromatic rings. The molecule has 0 fully saturated rings. The van der Waals surface area contributed by atoms with Crippen LogP contribution in [-0.4, -0.2) is 25.6 Å². The van der Waals surface area contributed by atoms with E-state index in [9.17, 15) is 4.79 Å². The summed E-state index contributed by atoms with van der Waals surface area (Å²) in [5.41, 5.74) is 2.40. The van der Waals surface area contributed by atoms with Gasteiger partial charge in [-0.05, 0) is 43.7 Å². The maximum Gasteiger partial charge on any atom is 0.258 e. The van der Waals surface area contributed by atoms with Gasteiger partial charge >= 0.3 is 0 Å². The van der Waals surface area contributed by atoms with E-state index in [0.717, 1.165) is 25.2 Å². The number of benzene rings is 2. The lowest BCUT2D eigenvalue weighted by Crippen LogP contribution is -3.10. The molecule has 0 unspecified atom stereocenters. The Bertz CT molecular complexity index is 652. The van der Waals surface area contributed by atoms with E-state index in [1.54, 1.807) is 29.2 Å². The topological polar surface area (TPSA) is 42.8 Å². The van der Waals surface area contributed by atoms with Crippen molar-refractivity contribution in [2.45, 2.75) is 26.9 Å². The van der Waals surface area contributed by atoms with E-state index in [0.29, 0.717) is 17.3 Å². The number of hydrogen-bond acceptors (Lipinski definition) is 2. The largest absolute Gasteiger partial charge is 0.484 e. The van der Waals surface area contributed by atoms with Crippen LogP contribution in [0.25, 0.3) is 0 Å². The van der Waals surface area contributed by atoms with Crippen molar-refractivity contribution in [3.05, 3.63) is 64.7 Å². The first-order valence-corrected chi connectivity index (χ1v) is 9.05. The maximum atomic E-state index is 11.9. The molecule has 0 atom stereocenters. The molecule has 0 heterocycles. The highest BCUT2D eigenvalue weighted by Gasteiger charge is 2.06. The third-order valence-electron chi connectivity index (χ3n) is 4.15. The highest BCUT2D eigenvalue weighted by molar-refractivity contribution is 6.30. The highest BCUT2D eigenvalue weighted by atomic mass is 35.5. The minimum atomic E-state index is -0.147. The molecular weight excluding hydrogens is 336 g/mol. The van der Waals surface area contributed by atoms with Crippen molar-refractivity contribution in [3.8, 4) is 5.75 Å². The normalized spacial score (nSPS) is 10.7. The molecule has 0 aliphatic carbocycles. The summed E-state index contributed by atoms with van der Waals surface area (Å²) in [6.07, 6.45) is 0. The fourth-order valence-electron chi connectivity index (χ4n) is 2.50. The van der Waals surface area contributed by atoms with Crippen LogP contribution >= 0.6 is 11.6 Å². The van der Waals surface area contributed by atoms with Crippen molar-refractivity contribution in [2.75, 3.05) is 19.7 Å². The minimum Gasteiger partial charge on any atom is -0.484 e. The van der Waals surface area contributed by atoms with E-state index in [1.807, 2.05) is 0 Å². The molecule has 4 nitrogen and oxygen atoms in total. The van der Waals surface area contributed by atoms with Gasteiger partial charge in [0.05, 0.1) is 13.1 Å². The molecule has 0 aliphatic heterocycles. The second kappa shape index (κ2) is 10.1. The van der Waals surface area contributed by atoms with Gasteiger partial charge < -0.3 is 15.0 Å². The number of halogens is 1. The van der Waals surface area contributed by atoms with Gasteiger partial charge in [0.25, 0.3) is 5.91 Å². The van der Waals surface area contributed by atoms with E-state index in [-0.39, 0.29) is 12.5 Å². The molecule has 0 bridgehead atoms. The zero-order valence-electron chi connectivity index (χ0n) is 14.8. The van der Waals surface area contributed by atoms with Crippen molar-refractivity contribution in [1.82, 2.24) is 5.32 Å². The lowest BCUT2D eigenvalue weighted by Gasteiger charge is -2.15. The van der Waals surface area contributed by atoms with Gasteiger partial charge in [0.2, 0.25) is 0 Å². The molecule has 1 amide bonds. The first-order chi connectivity index (χ1) is 12.1. The average molecular weight is 362 g/mol. The van der Waals surface area contributed by atoms with Gasteiger partial charge in [-0.15, -0.1) is 0 Å². The van der Waals surface area contributed by atoms with Crippen LogP contribution in [0, 0.1) is 0 Å². The van der Waals surface area contributed by atoms with Gasteiger partial charge in [0.15, 0.2) is 6.61 Å². The zero-order valence-corrected chi connectivity index (χ0v) is 15.6. The molecule has 0 saturated carbocycles. The second-order valence-corrected chi connectivity index (χ2v) is 6.41. The highest BCUT2D eigenvalue weighted by Crippen LogP contribution is 2.15. The second-order valence-electron chi connectivity index (χ2n) is 5.97. The summed E-state index contributed by atoms with van der Waals surface area (Å²) < 4.78 is 5.43. The minimum absolute atomic E-state index is 0.00889. The summed E-state index contributed by atoms with van der Waals surface area (Å²) in [5.74, 6) is 0.481. The molecule has 5 heteroatoms. The number of amides is 1. The number of ether oxygens (including phenoxy) is 1. The molecule has 25 heavy (non-hydrogen) atoms. The van der Waals surface area contributed by atoms with Crippen LogP contribution in [0.2, 0.25) is 5.02 Å². The van der Waals surface area contributed by atoms with Crippen LogP contribution < -0.4 is 15.0 Å². The van der Waals surface area contributed by atoms with E-state index in [1.165, 1.54) is 5.56 Å². The summed E-state index contributed by atoms with van der Waals surface area (Å²) >= 11 is 5.81. The predicted molar refractivity (Wildman–Crippen MR) is 101 cm³/mol. The Kier molecular flexibility index (Phi) is 7.76. The monoisotopic (exact) mass is 361 g/mol. The first-order valence-electron chi connectivity index (χ1n) is 8.67. The Morgan fingerprint density at radius 3 is 2.20 bits per heavy atom. The van der Waals surface area contributed by atoms with Gasteiger partial charge in [-0.2, -0.15) is 0 Å². The fraction of sp³-hybridized carbons (Fsp3) is 0.350. The van der Waals surface area contributed by atoms with E-state index < -0.39 is 0 Å². The molecule has 2 N–H and O–H groups in total. The van der Waals surface area contributed by atoms with Crippen LogP contribution in [0.1, 0.15) is 25.0 Å². The van der Waals surface area contributed by atoms with Crippen molar-refractivity contribution >= 4 is 17.5 Å². The van der Waals surface area contributed by atoms with Crippen molar-refractivity contribution in [3.63, 3.8) is 0 Å². The average Bonchev–Trinajstić information content (AvgIpc) is 2.65. The molecule has 0 aliphatic rings. The lowest BCUT2D eigenvalue weighted by molar-refractivity contribution is -0.910. The molecule has 134 valence electrons. The smallest absolute Gasteiger partial charge is 0.258 e. The Morgan fingerprint density at radius 1 is 1.00 bits per heavy atom. The number of quaternary nitrogens is 1. The molecule has 0 radical (unpaired) electrons. The van der Waals surface area contributed by atoms with Crippen molar-refractivity contribution in [1.29, 1.82) is 0 Å². The van der Waals surface area contributed by atoms with Gasteiger partial charge in [-0.3, -0.25) is 4.79 Å². The number of carbonyl (C=O) groups is 1. The lowest BCUT2D eigenvalue weighted by atomic mass is 10.1. The molecular formula is C20H26ClN2O2+. The van der Waals surface area contributed by atoms with E-state index >= 15 is 0 Å². The third kappa shape index (κ3) is 6.77. The van der Waals surface area contributed by atoms with Gasteiger partial charge in [-0.1, -0.05) is 35.9 Å². The first kappa shape index (κ1) is 19.3. The zero-order chi connectivity index (χ0) is 18.1. The Balaban J connectivity index is 1.74. The Labute approximate surface area is 154 Å². The quantitative estimate of drug-likeness (QED) is 0.720. The van der Waals surface area contributed by atoms with Crippen molar-refractivity contribution < 1.29 is 14.4 Å².